The largest absolute Gasteiger partial charge is 0.477 e. The summed E-state index contributed by atoms with van der Waals surface area (Å²) in [5.74, 6) is -5.61. The van der Waals surface area contributed by atoms with Crippen LogP contribution in [-0.2, 0) is 4.79 Å². The molecule has 4 heteroatoms. The van der Waals surface area contributed by atoms with Gasteiger partial charge < -0.3 is 5.11 Å². The molecule has 0 aliphatic rings. The smallest absolute Gasteiger partial charge is 0.375 e. The van der Waals surface area contributed by atoms with Crippen molar-refractivity contribution in [3.8, 4) is 0 Å². The van der Waals surface area contributed by atoms with Crippen LogP contribution in [0.15, 0.2) is 0 Å². The monoisotopic (exact) mass is 292 g/mol. The molecule has 0 aromatic carbocycles. The highest BCUT2D eigenvalue weighted by atomic mass is 19.3. The zero-order valence-electron chi connectivity index (χ0n) is 13.2. The number of carbonyl (C=O) groups is 1. The predicted octanol–water partition coefficient (Wildman–Crippen LogP) is 5.65. The van der Waals surface area contributed by atoms with Crippen LogP contribution in [-0.4, -0.2) is 17.0 Å². The Kier molecular flexibility index (Phi) is 8.99. The van der Waals surface area contributed by atoms with Crippen molar-refractivity contribution in [2.45, 2.75) is 90.9 Å². The Bertz CT molecular complexity index is 280. The number of hydrogen-bond acceptors (Lipinski definition) is 1. The molecule has 0 aromatic heterocycles. The number of rotatable bonds is 12. The van der Waals surface area contributed by atoms with Crippen LogP contribution in [0.1, 0.15) is 85.0 Å². The first-order chi connectivity index (χ1) is 9.31. The number of carboxylic acids is 1. The number of unbranched alkanes of at least 4 members (excludes halogenated alkanes) is 6. The van der Waals surface area contributed by atoms with Crippen molar-refractivity contribution in [1.82, 2.24) is 0 Å². The van der Waals surface area contributed by atoms with Gasteiger partial charge in [0.1, 0.15) is 0 Å². The van der Waals surface area contributed by atoms with Gasteiger partial charge in [-0.15, -0.1) is 0 Å². The lowest BCUT2D eigenvalue weighted by molar-refractivity contribution is -0.188. The molecule has 0 heterocycles. The zero-order chi connectivity index (χ0) is 15.6. The van der Waals surface area contributed by atoms with Crippen LogP contribution < -0.4 is 0 Å². The van der Waals surface area contributed by atoms with Crippen LogP contribution in [0.5, 0.6) is 0 Å². The Balaban J connectivity index is 4.57. The molecule has 0 aliphatic heterocycles. The third kappa shape index (κ3) is 5.76. The normalized spacial score (nSPS) is 15.1. The van der Waals surface area contributed by atoms with Crippen molar-refractivity contribution in [2.75, 3.05) is 0 Å². The average Bonchev–Trinajstić information content (AvgIpc) is 2.38. The molecular formula is C16H30F2O2. The molecule has 0 spiro atoms. The van der Waals surface area contributed by atoms with E-state index in [1.54, 1.807) is 0 Å². The number of hydrogen-bond donors (Lipinski definition) is 1. The maximum Gasteiger partial charge on any atom is 0.375 e. The Hall–Kier alpha value is -0.670. The third-order valence-electron chi connectivity index (χ3n) is 4.19. The molecule has 0 saturated carbocycles. The Morgan fingerprint density at radius 3 is 1.75 bits per heavy atom. The minimum Gasteiger partial charge on any atom is -0.477 e. The Labute approximate surface area is 122 Å². The van der Waals surface area contributed by atoms with Gasteiger partial charge in [0, 0.05) is 5.41 Å². The highest BCUT2D eigenvalue weighted by molar-refractivity contribution is 5.76. The van der Waals surface area contributed by atoms with Crippen molar-refractivity contribution in [2.24, 2.45) is 5.41 Å². The van der Waals surface area contributed by atoms with Gasteiger partial charge in [-0.25, -0.2) is 4.79 Å². The van der Waals surface area contributed by atoms with Crippen molar-refractivity contribution in [1.29, 1.82) is 0 Å². The summed E-state index contributed by atoms with van der Waals surface area (Å²) in [5, 5.41) is 8.82. The topological polar surface area (TPSA) is 37.3 Å². The molecule has 0 fully saturated rings. The van der Waals surface area contributed by atoms with Gasteiger partial charge >= 0.3 is 11.9 Å². The van der Waals surface area contributed by atoms with Gasteiger partial charge in [0.25, 0.3) is 0 Å². The van der Waals surface area contributed by atoms with Crippen LogP contribution in [0, 0.1) is 5.41 Å². The average molecular weight is 292 g/mol. The highest BCUT2D eigenvalue weighted by Gasteiger charge is 2.55. The lowest BCUT2D eigenvalue weighted by Crippen LogP contribution is -2.45. The fourth-order valence-corrected chi connectivity index (χ4v) is 2.58. The maximum absolute atomic E-state index is 14.0. The second-order valence-electron chi connectivity index (χ2n) is 6.06. The van der Waals surface area contributed by atoms with Crippen LogP contribution in [0.4, 0.5) is 8.78 Å². The molecule has 0 saturated heterocycles. The van der Waals surface area contributed by atoms with E-state index in [-0.39, 0.29) is 6.42 Å². The van der Waals surface area contributed by atoms with Crippen molar-refractivity contribution in [3.63, 3.8) is 0 Å². The molecule has 0 aromatic rings. The maximum atomic E-state index is 14.0. The lowest BCUT2D eigenvalue weighted by Gasteiger charge is -2.35. The summed E-state index contributed by atoms with van der Waals surface area (Å²) in [6, 6.07) is 0. The molecule has 0 rings (SSSR count). The molecular weight excluding hydrogens is 262 g/mol. The first kappa shape index (κ1) is 19.3. The lowest BCUT2D eigenvalue weighted by atomic mass is 9.74. The second-order valence-corrected chi connectivity index (χ2v) is 6.06. The van der Waals surface area contributed by atoms with E-state index in [9.17, 15) is 13.6 Å². The fraction of sp³-hybridized carbons (Fsp3) is 0.938. The van der Waals surface area contributed by atoms with Gasteiger partial charge in [0.2, 0.25) is 0 Å². The zero-order valence-corrected chi connectivity index (χ0v) is 13.2. The highest BCUT2D eigenvalue weighted by Crippen LogP contribution is 2.45. The van der Waals surface area contributed by atoms with Gasteiger partial charge in [-0.2, -0.15) is 8.78 Å². The Morgan fingerprint density at radius 2 is 1.30 bits per heavy atom. The van der Waals surface area contributed by atoms with E-state index < -0.39 is 17.3 Å². The van der Waals surface area contributed by atoms with E-state index in [2.05, 4.69) is 6.92 Å². The summed E-state index contributed by atoms with van der Waals surface area (Å²) in [7, 11) is 0. The van der Waals surface area contributed by atoms with E-state index >= 15 is 0 Å². The molecule has 1 N–H and O–H groups in total. The fourth-order valence-electron chi connectivity index (χ4n) is 2.58. The van der Waals surface area contributed by atoms with Crippen LogP contribution in [0.25, 0.3) is 0 Å². The van der Waals surface area contributed by atoms with Crippen LogP contribution in [0.3, 0.4) is 0 Å². The first-order valence-corrected chi connectivity index (χ1v) is 7.93. The minimum absolute atomic E-state index is 0.286. The molecule has 2 nitrogen and oxygen atoms in total. The summed E-state index contributed by atoms with van der Waals surface area (Å²) in [5.41, 5.74) is -1.42. The van der Waals surface area contributed by atoms with Crippen LogP contribution >= 0.6 is 0 Å². The standard InChI is InChI=1S/C16H30F2O2/c1-4-6-8-9-11-13-15(3,12-10-7-5-2)16(17,18)14(19)20/h4-13H2,1-3H3,(H,19,20). The summed E-state index contributed by atoms with van der Waals surface area (Å²) < 4.78 is 28.0. The van der Waals surface area contributed by atoms with Gasteiger partial charge in [-0.1, -0.05) is 72.1 Å². The molecule has 20 heavy (non-hydrogen) atoms. The van der Waals surface area contributed by atoms with Gasteiger partial charge in [-0.3, -0.25) is 0 Å². The predicted molar refractivity (Wildman–Crippen MR) is 78.2 cm³/mol. The van der Waals surface area contributed by atoms with Crippen molar-refractivity contribution in [3.05, 3.63) is 0 Å². The van der Waals surface area contributed by atoms with Crippen LogP contribution in [0.2, 0.25) is 0 Å². The van der Waals surface area contributed by atoms with E-state index in [1.807, 2.05) is 6.92 Å². The van der Waals surface area contributed by atoms with E-state index in [0.717, 1.165) is 38.5 Å². The second kappa shape index (κ2) is 9.30. The molecule has 1 atom stereocenters. The minimum atomic E-state index is -3.63. The number of alkyl halides is 2. The third-order valence-corrected chi connectivity index (χ3v) is 4.19. The molecule has 1 unspecified atom stereocenters. The summed E-state index contributed by atoms with van der Waals surface area (Å²) in [6.07, 6.45) is 7.93. The molecule has 0 aliphatic carbocycles. The van der Waals surface area contributed by atoms with Gasteiger partial charge in [0.05, 0.1) is 0 Å². The van der Waals surface area contributed by atoms with Gasteiger partial charge in [-0.05, 0) is 12.8 Å². The quantitative estimate of drug-likeness (QED) is 0.472. The van der Waals surface area contributed by atoms with Crippen molar-refractivity contribution < 1.29 is 18.7 Å². The SMILES string of the molecule is CCCCCCCC(C)(CCCCC)C(F)(F)C(=O)O. The van der Waals surface area contributed by atoms with E-state index in [1.165, 1.54) is 6.92 Å². The number of carboxylic acid groups (broad SMARTS) is 1. The van der Waals surface area contributed by atoms with E-state index in [4.69, 9.17) is 5.11 Å². The molecule has 0 radical (unpaired) electrons. The summed E-state index contributed by atoms with van der Waals surface area (Å²) in [4.78, 5) is 10.9. The summed E-state index contributed by atoms with van der Waals surface area (Å²) >= 11 is 0. The van der Waals surface area contributed by atoms with Gasteiger partial charge in [0.15, 0.2) is 0 Å². The summed E-state index contributed by atoms with van der Waals surface area (Å²) in [6.45, 7) is 5.56. The molecule has 120 valence electrons. The number of aliphatic carboxylic acids is 1. The molecule has 0 amide bonds. The van der Waals surface area contributed by atoms with E-state index in [0.29, 0.717) is 19.3 Å². The number of halogens is 2. The first-order valence-electron chi connectivity index (χ1n) is 7.93. The van der Waals surface area contributed by atoms with Crippen molar-refractivity contribution >= 4 is 5.97 Å². The Morgan fingerprint density at radius 1 is 0.900 bits per heavy atom. The molecule has 0 bridgehead atoms.